The Balaban J connectivity index is 1.86. The van der Waals surface area contributed by atoms with Crippen LogP contribution in [0.15, 0.2) is 48.5 Å². The van der Waals surface area contributed by atoms with Gasteiger partial charge in [-0.3, -0.25) is 9.10 Å². The normalized spacial score (nSPS) is 17.2. The summed E-state index contributed by atoms with van der Waals surface area (Å²) in [6, 6.07) is 12.4. The lowest BCUT2D eigenvalue weighted by Crippen LogP contribution is -2.36. The maximum Gasteiger partial charge on any atom is 0.265 e. The number of hydrogen-bond acceptors (Lipinski definition) is 4. The number of fused-ring (bicyclic) bond motifs is 1. The highest BCUT2D eigenvalue weighted by Crippen LogP contribution is 2.34. The standard InChI is InChI=1S/C17H17FN2O4S/c1-25(22,23)20-11-10-16(24-15-9-5-4-8-14(15)20)17(21)19-13-7-3-2-6-12(13)18/h2-9,16H,10-11H2,1H3,(H,19,21)/t16-/m0/s1. The van der Waals surface area contributed by atoms with Gasteiger partial charge in [-0.15, -0.1) is 0 Å². The topological polar surface area (TPSA) is 75.7 Å². The number of anilines is 2. The monoisotopic (exact) mass is 364 g/mol. The van der Waals surface area contributed by atoms with E-state index in [-0.39, 0.29) is 18.7 Å². The van der Waals surface area contributed by atoms with E-state index in [9.17, 15) is 17.6 Å². The van der Waals surface area contributed by atoms with Crippen molar-refractivity contribution in [3.8, 4) is 5.75 Å². The number of carbonyl (C=O) groups is 1. The molecule has 3 rings (SSSR count). The molecule has 1 heterocycles. The zero-order valence-electron chi connectivity index (χ0n) is 13.5. The lowest BCUT2D eigenvalue weighted by molar-refractivity contribution is -0.122. The van der Waals surface area contributed by atoms with Crippen LogP contribution in [0.1, 0.15) is 6.42 Å². The Bertz CT molecular complexity index is 901. The average Bonchev–Trinajstić information content (AvgIpc) is 2.76. The summed E-state index contributed by atoms with van der Waals surface area (Å²) in [7, 11) is -3.52. The predicted octanol–water partition coefficient (Wildman–Crippen LogP) is 2.38. The summed E-state index contributed by atoms with van der Waals surface area (Å²) < 4.78 is 44.7. The van der Waals surface area contributed by atoms with Crippen molar-refractivity contribution in [1.29, 1.82) is 0 Å². The molecule has 0 bridgehead atoms. The molecule has 8 heteroatoms. The smallest absolute Gasteiger partial charge is 0.265 e. The molecule has 1 aliphatic rings. The molecular formula is C17H17FN2O4S. The number of benzene rings is 2. The van der Waals surface area contributed by atoms with Crippen molar-refractivity contribution in [1.82, 2.24) is 0 Å². The molecule has 0 radical (unpaired) electrons. The molecule has 1 aliphatic heterocycles. The molecular weight excluding hydrogens is 347 g/mol. The molecule has 0 spiro atoms. The van der Waals surface area contributed by atoms with E-state index in [0.29, 0.717) is 11.4 Å². The largest absolute Gasteiger partial charge is 0.478 e. The van der Waals surface area contributed by atoms with Crippen LogP contribution < -0.4 is 14.4 Å². The first-order valence-corrected chi connectivity index (χ1v) is 9.50. The minimum atomic E-state index is -3.52. The van der Waals surface area contributed by atoms with Gasteiger partial charge in [0.05, 0.1) is 17.6 Å². The van der Waals surface area contributed by atoms with Crippen LogP contribution in [0.5, 0.6) is 5.75 Å². The Morgan fingerprint density at radius 3 is 2.60 bits per heavy atom. The van der Waals surface area contributed by atoms with Crippen molar-refractivity contribution in [2.75, 3.05) is 22.4 Å². The van der Waals surface area contributed by atoms with Crippen molar-refractivity contribution in [3.05, 3.63) is 54.3 Å². The van der Waals surface area contributed by atoms with E-state index in [0.717, 1.165) is 6.26 Å². The molecule has 1 amide bonds. The molecule has 0 saturated heterocycles. The highest BCUT2D eigenvalue weighted by Gasteiger charge is 2.31. The van der Waals surface area contributed by atoms with E-state index in [2.05, 4.69) is 5.32 Å². The molecule has 2 aromatic rings. The molecule has 0 saturated carbocycles. The van der Waals surface area contributed by atoms with Crippen molar-refractivity contribution in [3.63, 3.8) is 0 Å². The molecule has 2 aromatic carbocycles. The fourth-order valence-electron chi connectivity index (χ4n) is 2.63. The Morgan fingerprint density at radius 2 is 1.88 bits per heavy atom. The second-order valence-electron chi connectivity index (χ2n) is 5.67. The Hall–Kier alpha value is -2.61. The summed E-state index contributed by atoms with van der Waals surface area (Å²) in [6.07, 6.45) is 0.304. The highest BCUT2D eigenvalue weighted by atomic mass is 32.2. The lowest BCUT2D eigenvalue weighted by Gasteiger charge is -2.20. The molecule has 0 aliphatic carbocycles. The fourth-order valence-corrected chi connectivity index (χ4v) is 3.58. The van der Waals surface area contributed by atoms with E-state index in [4.69, 9.17) is 4.74 Å². The number of rotatable bonds is 3. The number of amides is 1. The first-order chi connectivity index (χ1) is 11.9. The minimum Gasteiger partial charge on any atom is -0.478 e. The summed E-state index contributed by atoms with van der Waals surface area (Å²) in [5.41, 5.74) is 0.430. The summed E-state index contributed by atoms with van der Waals surface area (Å²) in [6.45, 7) is 0.0885. The summed E-state index contributed by atoms with van der Waals surface area (Å²) in [4.78, 5) is 12.5. The number of sulfonamides is 1. The van der Waals surface area contributed by atoms with Crippen molar-refractivity contribution in [2.45, 2.75) is 12.5 Å². The van der Waals surface area contributed by atoms with E-state index in [1.807, 2.05) is 0 Å². The van der Waals surface area contributed by atoms with Gasteiger partial charge in [0.15, 0.2) is 6.10 Å². The van der Waals surface area contributed by atoms with Crippen LogP contribution in [-0.4, -0.2) is 33.2 Å². The quantitative estimate of drug-likeness (QED) is 0.907. The summed E-state index contributed by atoms with van der Waals surface area (Å²) >= 11 is 0. The van der Waals surface area contributed by atoms with Gasteiger partial charge >= 0.3 is 0 Å². The van der Waals surface area contributed by atoms with Gasteiger partial charge in [0.25, 0.3) is 5.91 Å². The first kappa shape index (κ1) is 17.2. The van der Waals surface area contributed by atoms with Gasteiger partial charge in [-0.1, -0.05) is 24.3 Å². The van der Waals surface area contributed by atoms with E-state index < -0.39 is 27.9 Å². The molecule has 0 aromatic heterocycles. The second kappa shape index (κ2) is 6.72. The SMILES string of the molecule is CS(=O)(=O)N1CC[C@@H](C(=O)Nc2ccccc2F)Oc2ccccc21. The van der Waals surface area contributed by atoms with Crippen molar-refractivity contribution < 1.29 is 22.3 Å². The molecule has 6 nitrogen and oxygen atoms in total. The lowest BCUT2D eigenvalue weighted by atomic mass is 10.2. The number of para-hydroxylation sites is 3. The van der Waals surface area contributed by atoms with Gasteiger partial charge in [-0.25, -0.2) is 12.8 Å². The number of carbonyl (C=O) groups excluding carboxylic acids is 1. The molecule has 1 atom stereocenters. The predicted molar refractivity (Wildman–Crippen MR) is 92.7 cm³/mol. The number of nitrogens with zero attached hydrogens (tertiary/aromatic N) is 1. The van der Waals surface area contributed by atoms with E-state index >= 15 is 0 Å². The van der Waals surface area contributed by atoms with Crippen molar-refractivity contribution in [2.24, 2.45) is 0 Å². The molecule has 0 unspecified atom stereocenters. The van der Waals surface area contributed by atoms with Gasteiger partial charge in [-0.05, 0) is 24.3 Å². The third-order valence-corrected chi connectivity index (χ3v) is 5.00. The highest BCUT2D eigenvalue weighted by molar-refractivity contribution is 7.92. The summed E-state index contributed by atoms with van der Waals surface area (Å²) in [5.74, 6) is -0.794. The molecule has 132 valence electrons. The van der Waals surface area contributed by atoms with E-state index in [1.165, 1.54) is 22.5 Å². The molecule has 0 fully saturated rings. The van der Waals surface area contributed by atoms with Crippen LogP contribution in [0.2, 0.25) is 0 Å². The summed E-state index contributed by atoms with van der Waals surface area (Å²) in [5, 5.41) is 2.49. The van der Waals surface area contributed by atoms with Gasteiger partial charge in [0.2, 0.25) is 10.0 Å². The van der Waals surface area contributed by atoms with Crippen LogP contribution in [0.25, 0.3) is 0 Å². The zero-order valence-corrected chi connectivity index (χ0v) is 14.3. The number of nitrogens with one attached hydrogen (secondary N) is 1. The van der Waals surface area contributed by atoms with Crippen LogP contribution >= 0.6 is 0 Å². The van der Waals surface area contributed by atoms with Gasteiger partial charge < -0.3 is 10.1 Å². The Labute approximate surface area is 145 Å². The third kappa shape index (κ3) is 3.74. The second-order valence-corrected chi connectivity index (χ2v) is 7.57. The van der Waals surface area contributed by atoms with Crippen LogP contribution in [0.3, 0.4) is 0 Å². The van der Waals surface area contributed by atoms with Gasteiger partial charge in [0, 0.05) is 13.0 Å². The maximum absolute atomic E-state index is 13.7. The first-order valence-electron chi connectivity index (χ1n) is 7.65. The number of hydrogen-bond donors (Lipinski definition) is 1. The molecule has 25 heavy (non-hydrogen) atoms. The Morgan fingerprint density at radius 1 is 1.20 bits per heavy atom. The third-order valence-electron chi connectivity index (χ3n) is 3.82. The van der Waals surface area contributed by atoms with Crippen molar-refractivity contribution >= 4 is 27.3 Å². The van der Waals surface area contributed by atoms with E-state index in [1.54, 1.807) is 30.3 Å². The van der Waals surface area contributed by atoms with Gasteiger partial charge in [0.1, 0.15) is 11.6 Å². The molecule has 1 N–H and O–H groups in total. The van der Waals surface area contributed by atoms with Gasteiger partial charge in [-0.2, -0.15) is 0 Å². The fraction of sp³-hybridized carbons (Fsp3) is 0.235. The Kier molecular flexibility index (Phi) is 4.63. The minimum absolute atomic E-state index is 0.0496. The van der Waals surface area contributed by atoms with Crippen LogP contribution in [0.4, 0.5) is 15.8 Å². The van der Waals surface area contributed by atoms with Crippen LogP contribution in [0, 0.1) is 5.82 Å². The number of halogens is 1. The average molecular weight is 364 g/mol. The van der Waals surface area contributed by atoms with Crippen LogP contribution in [-0.2, 0) is 14.8 Å². The zero-order chi connectivity index (χ0) is 18.0. The maximum atomic E-state index is 13.7. The number of ether oxygens (including phenoxy) is 1.